The van der Waals surface area contributed by atoms with Crippen molar-refractivity contribution in [2.45, 2.75) is 32.2 Å². The molecular formula is C11H20N2O2. The first-order valence-corrected chi connectivity index (χ1v) is 5.87. The van der Waals surface area contributed by atoms with Crippen molar-refractivity contribution < 1.29 is 9.53 Å². The Bertz CT molecular complexity index is 229. The molecule has 1 atom stereocenters. The summed E-state index contributed by atoms with van der Waals surface area (Å²) in [5.74, 6) is 1.05. The summed E-state index contributed by atoms with van der Waals surface area (Å²) in [5.41, 5.74) is 0. The van der Waals surface area contributed by atoms with E-state index in [1.807, 2.05) is 11.8 Å². The summed E-state index contributed by atoms with van der Waals surface area (Å²) >= 11 is 0. The molecule has 0 spiro atoms. The van der Waals surface area contributed by atoms with E-state index in [1.165, 1.54) is 12.8 Å². The zero-order valence-electron chi connectivity index (χ0n) is 9.37. The van der Waals surface area contributed by atoms with Gasteiger partial charge in [-0.2, -0.15) is 0 Å². The van der Waals surface area contributed by atoms with E-state index in [2.05, 4.69) is 5.32 Å². The molecule has 0 aromatic rings. The van der Waals surface area contributed by atoms with Crippen molar-refractivity contribution in [2.75, 3.05) is 26.4 Å². The summed E-state index contributed by atoms with van der Waals surface area (Å²) in [6, 6.07) is -0.00242. The maximum Gasteiger partial charge on any atom is 0.240 e. The highest BCUT2D eigenvalue weighted by Crippen LogP contribution is 2.28. The molecule has 1 aliphatic heterocycles. The normalized spacial score (nSPS) is 26.3. The lowest BCUT2D eigenvalue weighted by Crippen LogP contribution is -2.30. The lowest BCUT2D eigenvalue weighted by molar-refractivity contribution is -0.128. The number of nitrogens with one attached hydrogen (secondary N) is 1. The standard InChI is InChI=1S/C11H20N2O2/c1-9-11(14)13(8-12-9)5-2-6-15-7-10-3-4-10/h9-10,12H,2-8H2,1H3. The molecule has 1 heterocycles. The van der Waals surface area contributed by atoms with Gasteiger partial charge in [0.15, 0.2) is 0 Å². The Labute approximate surface area is 91.0 Å². The quantitative estimate of drug-likeness (QED) is 0.655. The van der Waals surface area contributed by atoms with E-state index in [0.717, 1.165) is 32.1 Å². The van der Waals surface area contributed by atoms with E-state index in [0.29, 0.717) is 6.67 Å². The third kappa shape index (κ3) is 3.18. The highest BCUT2D eigenvalue weighted by atomic mass is 16.5. The minimum absolute atomic E-state index is 0.00242. The highest BCUT2D eigenvalue weighted by molar-refractivity contribution is 5.83. The Balaban J connectivity index is 1.51. The van der Waals surface area contributed by atoms with Crippen LogP contribution >= 0.6 is 0 Å². The lowest BCUT2D eigenvalue weighted by atomic mass is 10.3. The van der Waals surface area contributed by atoms with Gasteiger partial charge in [-0.1, -0.05) is 0 Å². The molecule has 2 rings (SSSR count). The second-order valence-corrected chi connectivity index (χ2v) is 4.56. The summed E-state index contributed by atoms with van der Waals surface area (Å²) < 4.78 is 5.52. The van der Waals surface area contributed by atoms with E-state index in [-0.39, 0.29) is 11.9 Å². The van der Waals surface area contributed by atoms with Crippen LogP contribution in [-0.2, 0) is 9.53 Å². The fourth-order valence-corrected chi connectivity index (χ4v) is 1.77. The smallest absolute Gasteiger partial charge is 0.240 e. The number of amides is 1. The number of carbonyl (C=O) groups is 1. The van der Waals surface area contributed by atoms with Crippen molar-refractivity contribution in [3.05, 3.63) is 0 Å². The van der Waals surface area contributed by atoms with Gasteiger partial charge >= 0.3 is 0 Å². The second-order valence-electron chi connectivity index (χ2n) is 4.56. The van der Waals surface area contributed by atoms with Crippen molar-refractivity contribution >= 4 is 5.91 Å². The zero-order valence-corrected chi connectivity index (χ0v) is 9.37. The molecule has 1 saturated heterocycles. The van der Waals surface area contributed by atoms with E-state index in [1.54, 1.807) is 0 Å². The third-order valence-electron chi connectivity index (χ3n) is 3.04. The van der Waals surface area contributed by atoms with Crippen LogP contribution in [0.1, 0.15) is 26.2 Å². The summed E-state index contributed by atoms with van der Waals surface area (Å²) in [5, 5.41) is 3.12. The van der Waals surface area contributed by atoms with Crippen LogP contribution in [0.15, 0.2) is 0 Å². The Morgan fingerprint density at radius 1 is 1.53 bits per heavy atom. The largest absolute Gasteiger partial charge is 0.381 e. The summed E-state index contributed by atoms with van der Waals surface area (Å²) in [6.45, 7) is 5.13. The Hall–Kier alpha value is -0.610. The van der Waals surface area contributed by atoms with Gasteiger partial charge in [-0.15, -0.1) is 0 Å². The molecular weight excluding hydrogens is 192 g/mol. The topological polar surface area (TPSA) is 41.6 Å². The average Bonchev–Trinajstić information content (AvgIpc) is 2.99. The van der Waals surface area contributed by atoms with Gasteiger partial charge in [-0.3, -0.25) is 10.1 Å². The Morgan fingerprint density at radius 3 is 2.93 bits per heavy atom. The van der Waals surface area contributed by atoms with Crippen LogP contribution < -0.4 is 5.32 Å². The number of hydrogen-bond acceptors (Lipinski definition) is 3. The minimum atomic E-state index is -0.00242. The molecule has 2 aliphatic rings. The molecule has 4 heteroatoms. The first-order valence-electron chi connectivity index (χ1n) is 5.87. The molecule has 86 valence electrons. The van der Waals surface area contributed by atoms with Crippen molar-refractivity contribution in [2.24, 2.45) is 5.92 Å². The molecule has 4 nitrogen and oxygen atoms in total. The number of ether oxygens (including phenoxy) is 1. The van der Waals surface area contributed by atoms with Crippen LogP contribution in [0.4, 0.5) is 0 Å². The molecule has 0 aromatic heterocycles. The van der Waals surface area contributed by atoms with E-state index in [4.69, 9.17) is 4.74 Å². The predicted octanol–water partition coefficient (Wildman–Crippen LogP) is 0.581. The number of rotatable bonds is 6. The molecule has 2 fully saturated rings. The molecule has 15 heavy (non-hydrogen) atoms. The maximum atomic E-state index is 11.5. The Morgan fingerprint density at radius 2 is 2.33 bits per heavy atom. The monoisotopic (exact) mass is 212 g/mol. The van der Waals surface area contributed by atoms with Crippen molar-refractivity contribution in [3.63, 3.8) is 0 Å². The number of hydrogen-bond donors (Lipinski definition) is 1. The van der Waals surface area contributed by atoms with Crippen LogP contribution in [0.25, 0.3) is 0 Å². The number of nitrogens with zero attached hydrogens (tertiary/aromatic N) is 1. The predicted molar refractivity (Wildman–Crippen MR) is 57.3 cm³/mol. The van der Waals surface area contributed by atoms with E-state index < -0.39 is 0 Å². The van der Waals surface area contributed by atoms with Crippen molar-refractivity contribution in [1.82, 2.24) is 10.2 Å². The van der Waals surface area contributed by atoms with Gasteiger partial charge in [0.25, 0.3) is 0 Å². The Kier molecular flexibility index (Phi) is 3.59. The SMILES string of the molecule is CC1NCN(CCCOCC2CC2)C1=O. The minimum Gasteiger partial charge on any atom is -0.381 e. The van der Waals surface area contributed by atoms with Gasteiger partial charge in [0.1, 0.15) is 0 Å². The summed E-state index contributed by atoms with van der Waals surface area (Å²) in [7, 11) is 0. The first kappa shape index (κ1) is 10.9. The van der Waals surface area contributed by atoms with Crippen molar-refractivity contribution in [1.29, 1.82) is 0 Å². The third-order valence-corrected chi connectivity index (χ3v) is 3.04. The lowest BCUT2D eigenvalue weighted by Gasteiger charge is -2.14. The number of carbonyl (C=O) groups excluding carboxylic acids is 1. The fraction of sp³-hybridized carbons (Fsp3) is 0.909. The zero-order chi connectivity index (χ0) is 10.7. The molecule has 1 aliphatic carbocycles. The van der Waals surface area contributed by atoms with Gasteiger partial charge in [0, 0.05) is 19.8 Å². The van der Waals surface area contributed by atoms with Crippen LogP contribution in [-0.4, -0.2) is 43.3 Å². The van der Waals surface area contributed by atoms with Gasteiger partial charge in [0.05, 0.1) is 12.7 Å². The van der Waals surface area contributed by atoms with Gasteiger partial charge in [-0.05, 0) is 32.1 Å². The highest BCUT2D eigenvalue weighted by Gasteiger charge is 2.26. The van der Waals surface area contributed by atoms with Crippen LogP contribution in [0.5, 0.6) is 0 Å². The fourth-order valence-electron chi connectivity index (χ4n) is 1.77. The van der Waals surface area contributed by atoms with Gasteiger partial charge in [0.2, 0.25) is 5.91 Å². The van der Waals surface area contributed by atoms with Crippen LogP contribution in [0, 0.1) is 5.92 Å². The van der Waals surface area contributed by atoms with Crippen LogP contribution in [0.3, 0.4) is 0 Å². The molecule has 1 saturated carbocycles. The van der Waals surface area contributed by atoms with Gasteiger partial charge in [-0.25, -0.2) is 0 Å². The van der Waals surface area contributed by atoms with E-state index >= 15 is 0 Å². The molecule has 1 unspecified atom stereocenters. The molecule has 0 bridgehead atoms. The molecule has 0 radical (unpaired) electrons. The van der Waals surface area contributed by atoms with Gasteiger partial charge < -0.3 is 9.64 Å². The molecule has 1 N–H and O–H groups in total. The van der Waals surface area contributed by atoms with Crippen LogP contribution in [0.2, 0.25) is 0 Å². The maximum absolute atomic E-state index is 11.5. The average molecular weight is 212 g/mol. The van der Waals surface area contributed by atoms with E-state index in [9.17, 15) is 4.79 Å². The first-order chi connectivity index (χ1) is 7.27. The summed E-state index contributed by atoms with van der Waals surface area (Å²) in [4.78, 5) is 13.4. The molecule has 1 amide bonds. The molecule has 0 aromatic carbocycles. The van der Waals surface area contributed by atoms with Crippen molar-refractivity contribution in [3.8, 4) is 0 Å². The second kappa shape index (κ2) is 4.94. The summed E-state index contributed by atoms with van der Waals surface area (Å²) in [6.07, 6.45) is 3.63.